The summed E-state index contributed by atoms with van der Waals surface area (Å²) in [6, 6.07) is 65.4. The summed E-state index contributed by atoms with van der Waals surface area (Å²) in [7, 11) is -3.38. The molecule has 53 heavy (non-hydrogen) atoms. The first-order valence-electron chi connectivity index (χ1n) is 18.1. The van der Waals surface area contributed by atoms with Crippen molar-refractivity contribution in [3.63, 3.8) is 0 Å². The molecular weight excluding hydrogens is 682 g/mol. The van der Waals surface area contributed by atoms with Crippen molar-refractivity contribution in [2.75, 3.05) is 0 Å². The van der Waals surface area contributed by atoms with Gasteiger partial charge < -0.3 is 9.13 Å². The van der Waals surface area contributed by atoms with Crippen LogP contribution in [0.2, 0.25) is 0 Å². The van der Waals surface area contributed by atoms with Gasteiger partial charge in [0.05, 0.1) is 22.1 Å². The number of rotatable bonds is 2. The summed E-state index contributed by atoms with van der Waals surface area (Å²) in [6.45, 7) is 0. The summed E-state index contributed by atoms with van der Waals surface area (Å²) in [5, 5.41) is 7.68. The van der Waals surface area contributed by atoms with Crippen LogP contribution in [0.5, 0.6) is 0 Å². The molecule has 2 nitrogen and oxygen atoms in total. The molecule has 0 aliphatic carbocycles. The normalized spacial score (nSPS) is 18.4. The lowest BCUT2D eigenvalue weighted by molar-refractivity contribution is 0.590. The highest BCUT2D eigenvalue weighted by Crippen LogP contribution is 2.61. The standard InChI is InChI=1S/C49H30NOPS/c51-52(32-14-2-1-3-15-32)44-26-10-7-22-39(44)49(38-21-6-9-25-43(38)50-42-24-8-4-16-34(42)36-19-13-23-41(49)47(36)50)40-29-28-31(30-45(40)52)33-18-12-20-37-35-17-5-11-27-46(35)53-48(33)37/h1-30H. The van der Waals surface area contributed by atoms with Crippen LogP contribution in [0.15, 0.2) is 182 Å². The summed E-state index contributed by atoms with van der Waals surface area (Å²) in [5.41, 5.74) is 9.72. The maximum absolute atomic E-state index is 16.6. The van der Waals surface area contributed by atoms with E-state index in [9.17, 15) is 0 Å². The topological polar surface area (TPSA) is 22.0 Å². The molecule has 10 aromatic rings. The van der Waals surface area contributed by atoms with Crippen LogP contribution in [0.1, 0.15) is 22.3 Å². The zero-order chi connectivity index (χ0) is 34.9. The van der Waals surface area contributed by atoms with Crippen molar-refractivity contribution < 1.29 is 4.57 Å². The predicted octanol–water partition coefficient (Wildman–Crippen LogP) is 11.5. The molecule has 0 radical (unpaired) electrons. The lowest BCUT2D eigenvalue weighted by atomic mass is 9.62. The largest absolute Gasteiger partial charge is 0.309 e. The van der Waals surface area contributed by atoms with E-state index in [1.54, 1.807) is 0 Å². The van der Waals surface area contributed by atoms with E-state index in [1.807, 2.05) is 29.5 Å². The highest BCUT2D eigenvalue weighted by Gasteiger charge is 2.54. The van der Waals surface area contributed by atoms with E-state index < -0.39 is 12.6 Å². The number of para-hydroxylation sites is 3. The van der Waals surface area contributed by atoms with Crippen molar-refractivity contribution in [3.8, 4) is 16.8 Å². The number of fused-ring (bicyclic) bond motifs is 14. The summed E-state index contributed by atoms with van der Waals surface area (Å²) in [5.74, 6) is 0. The van der Waals surface area contributed by atoms with E-state index in [0.717, 1.165) is 38.3 Å². The van der Waals surface area contributed by atoms with E-state index in [0.29, 0.717) is 0 Å². The SMILES string of the molecule is O=P1(c2ccccc2)c2ccccc2C2(c3ccccc3-n3c4ccccc4c4cccc2c43)c2ccc(-c3cccc4c3sc3ccccc34)cc21. The maximum Gasteiger partial charge on any atom is 0.171 e. The second kappa shape index (κ2) is 10.5. The van der Waals surface area contributed by atoms with Gasteiger partial charge in [0, 0.05) is 46.9 Å². The Morgan fingerprint density at radius 2 is 1.15 bits per heavy atom. The Bertz CT molecular complexity index is 3230. The first-order chi connectivity index (χ1) is 26.2. The molecular formula is C49H30NOPS. The number of nitrogens with zero attached hydrogens (tertiary/aromatic N) is 1. The van der Waals surface area contributed by atoms with E-state index in [-0.39, 0.29) is 0 Å². The van der Waals surface area contributed by atoms with Gasteiger partial charge in [-0.3, -0.25) is 0 Å². The van der Waals surface area contributed by atoms with Gasteiger partial charge in [-0.25, -0.2) is 0 Å². The Morgan fingerprint density at radius 3 is 2.06 bits per heavy atom. The Balaban J connectivity index is 1.27. The van der Waals surface area contributed by atoms with Crippen LogP contribution >= 0.6 is 18.5 Å². The molecule has 1 spiro atoms. The molecule has 0 saturated carbocycles. The van der Waals surface area contributed by atoms with Gasteiger partial charge in [-0.05, 0) is 57.6 Å². The summed E-state index contributed by atoms with van der Waals surface area (Å²) in [4.78, 5) is 0. The minimum Gasteiger partial charge on any atom is -0.309 e. The lowest BCUT2D eigenvalue weighted by Gasteiger charge is -2.47. The molecule has 4 heterocycles. The molecule has 4 heteroatoms. The fraction of sp³-hybridized carbons (Fsp3) is 0.0204. The highest BCUT2D eigenvalue weighted by molar-refractivity contribution is 7.85. The molecule has 0 amide bonds. The molecule has 8 aromatic carbocycles. The Hall–Kier alpha value is -5.99. The quantitative estimate of drug-likeness (QED) is 0.164. The van der Waals surface area contributed by atoms with Gasteiger partial charge >= 0.3 is 0 Å². The van der Waals surface area contributed by atoms with Crippen LogP contribution in [0.4, 0.5) is 0 Å². The predicted molar refractivity (Wildman–Crippen MR) is 224 cm³/mol. The zero-order valence-corrected chi connectivity index (χ0v) is 30.2. The second-order valence-corrected chi connectivity index (χ2v) is 18.0. The van der Waals surface area contributed by atoms with Crippen LogP contribution in [-0.2, 0) is 9.98 Å². The summed E-state index contributed by atoms with van der Waals surface area (Å²) >= 11 is 1.84. The Labute approximate surface area is 310 Å². The number of thiophene rings is 1. The van der Waals surface area contributed by atoms with Gasteiger partial charge in [-0.15, -0.1) is 11.3 Å². The van der Waals surface area contributed by atoms with Crippen LogP contribution in [0.3, 0.4) is 0 Å². The molecule has 2 atom stereocenters. The first-order valence-corrected chi connectivity index (χ1v) is 20.7. The molecule has 2 aliphatic rings. The Kier molecular flexibility index (Phi) is 5.88. The molecule has 0 fully saturated rings. The molecule has 12 rings (SSSR count). The van der Waals surface area contributed by atoms with Crippen LogP contribution in [0.25, 0.3) is 58.8 Å². The summed E-state index contributed by atoms with van der Waals surface area (Å²) in [6.07, 6.45) is 0. The van der Waals surface area contributed by atoms with Gasteiger partial charge in [-0.2, -0.15) is 0 Å². The molecule has 2 aliphatic heterocycles. The second-order valence-electron chi connectivity index (χ2n) is 14.3. The zero-order valence-electron chi connectivity index (χ0n) is 28.5. The number of hydrogen-bond donors (Lipinski definition) is 0. The van der Waals surface area contributed by atoms with Crippen LogP contribution in [-0.4, -0.2) is 4.57 Å². The summed E-state index contributed by atoms with van der Waals surface area (Å²) < 4.78 is 21.6. The smallest absolute Gasteiger partial charge is 0.171 e. The van der Waals surface area contributed by atoms with Crippen molar-refractivity contribution in [2.45, 2.75) is 5.41 Å². The molecule has 0 N–H and O–H groups in total. The third-order valence-corrected chi connectivity index (χ3v) is 16.2. The van der Waals surface area contributed by atoms with Crippen molar-refractivity contribution in [1.82, 2.24) is 4.57 Å². The first kappa shape index (κ1) is 29.6. The lowest BCUT2D eigenvalue weighted by Crippen LogP contribution is -2.48. The van der Waals surface area contributed by atoms with Gasteiger partial charge in [0.25, 0.3) is 0 Å². The minimum atomic E-state index is -3.38. The Morgan fingerprint density at radius 1 is 0.491 bits per heavy atom. The number of hydrogen-bond acceptors (Lipinski definition) is 2. The monoisotopic (exact) mass is 711 g/mol. The average Bonchev–Trinajstić information content (AvgIpc) is 3.78. The van der Waals surface area contributed by atoms with Crippen molar-refractivity contribution >= 4 is 76.4 Å². The van der Waals surface area contributed by atoms with Gasteiger partial charge in [-0.1, -0.05) is 158 Å². The van der Waals surface area contributed by atoms with Crippen molar-refractivity contribution in [2.24, 2.45) is 0 Å². The highest BCUT2D eigenvalue weighted by atomic mass is 32.1. The number of aromatic nitrogens is 1. The van der Waals surface area contributed by atoms with Gasteiger partial charge in [0.15, 0.2) is 7.14 Å². The van der Waals surface area contributed by atoms with E-state index in [1.165, 1.54) is 58.7 Å². The van der Waals surface area contributed by atoms with Crippen LogP contribution < -0.4 is 15.9 Å². The fourth-order valence-corrected chi connectivity index (χ4v) is 14.2. The van der Waals surface area contributed by atoms with Gasteiger partial charge in [0.2, 0.25) is 0 Å². The van der Waals surface area contributed by atoms with Crippen LogP contribution in [0, 0.1) is 0 Å². The van der Waals surface area contributed by atoms with Crippen molar-refractivity contribution in [1.29, 1.82) is 0 Å². The van der Waals surface area contributed by atoms with Gasteiger partial charge in [0.1, 0.15) is 0 Å². The minimum absolute atomic E-state index is 0.711. The maximum atomic E-state index is 16.6. The molecule has 248 valence electrons. The fourth-order valence-electron chi connectivity index (χ4n) is 9.79. The average molecular weight is 712 g/mol. The molecule has 2 unspecified atom stereocenters. The molecule has 0 bridgehead atoms. The van der Waals surface area contributed by atoms with E-state index >= 15 is 4.57 Å². The molecule has 0 saturated heterocycles. The van der Waals surface area contributed by atoms with Crippen molar-refractivity contribution in [3.05, 3.63) is 204 Å². The van der Waals surface area contributed by atoms with E-state index in [4.69, 9.17) is 0 Å². The third kappa shape index (κ3) is 3.61. The third-order valence-electron chi connectivity index (χ3n) is 11.9. The number of benzene rings is 8. The molecule has 2 aromatic heterocycles. The van der Waals surface area contributed by atoms with E-state index in [2.05, 4.69) is 168 Å².